The summed E-state index contributed by atoms with van der Waals surface area (Å²) in [6.07, 6.45) is 1.09. The van der Waals surface area contributed by atoms with E-state index in [9.17, 15) is 13.2 Å². The molecule has 112 valence electrons. The number of amides is 1. The van der Waals surface area contributed by atoms with Gasteiger partial charge in [0.2, 0.25) is 5.91 Å². The van der Waals surface area contributed by atoms with Gasteiger partial charge in [-0.3, -0.25) is 4.79 Å². The number of carbonyl (C=O) groups excluding carboxylic acids is 1. The highest BCUT2D eigenvalue weighted by Gasteiger charge is 2.29. The molecule has 0 aromatic heterocycles. The third-order valence-electron chi connectivity index (χ3n) is 3.80. The SMILES string of the molecule is Cc1ccc(C)c([C@H](C)N(C)C(=O)[C@H](C)S(C)(=O)=O)c1. The first-order valence-corrected chi connectivity index (χ1v) is 8.54. The Bertz CT molecular complexity index is 608. The Morgan fingerprint density at radius 1 is 1.20 bits per heavy atom. The molecule has 2 atom stereocenters. The van der Waals surface area contributed by atoms with Crippen LogP contribution in [0.5, 0.6) is 0 Å². The van der Waals surface area contributed by atoms with E-state index < -0.39 is 15.1 Å². The second kappa shape index (κ2) is 5.95. The molecule has 20 heavy (non-hydrogen) atoms. The summed E-state index contributed by atoms with van der Waals surface area (Å²) in [5, 5.41) is -1.01. The number of hydrogen-bond donors (Lipinski definition) is 0. The number of rotatable bonds is 4. The van der Waals surface area contributed by atoms with Gasteiger partial charge in [0.25, 0.3) is 0 Å². The quantitative estimate of drug-likeness (QED) is 0.856. The van der Waals surface area contributed by atoms with Crippen molar-refractivity contribution < 1.29 is 13.2 Å². The lowest BCUT2D eigenvalue weighted by atomic mass is 9.99. The zero-order valence-electron chi connectivity index (χ0n) is 13.0. The highest BCUT2D eigenvalue weighted by Crippen LogP contribution is 2.24. The minimum absolute atomic E-state index is 0.161. The van der Waals surface area contributed by atoms with Gasteiger partial charge in [0.15, 0.2) is 9.84 Å². The first-order chi connectivity index (χ1) is 9.05. The summed E-state index contributed by atoms with van der Waals surface area (Å²) in [5.41, 5.74) is 3.26. The van der Waals surface area contributed by atoms with Gasteiger partial charge in [-0.15, -0.1) is 0 Å². The van der Waals surface area contributed by atoms with Gasteiger partial charge in [0.05, 0.1) is 6.04 Å². The predicted octanol–water partition coefficient (Wildman–Crippen LogP) is 2.26. The van der Waals surface area contributed by atoms with Gasteiger partial charge in [-0.05, 0) is 38.8 Å². The van der Waals surface area contributed by atoms with Crippen LogP contribution in [0, 0.1) is 13.8 Å². The number of aryl methyl sites for hydroxylation is 2. The van der Waals surface area contributed by atoms with Crippen LogP contribution in [-0.4, -0.2) is 37.8 Å². The summed E-state index contributed by atoms with van der Waals surface area (Å²) in [5.74, 6) is -0.374. The molecule has 5 heteroatoms. The highest BCUT2D eigenvalue weighted by atomic mass is 32.2. The van der Waals surface area contributed by atoms with Crippen molar-refractivity contribution in [2.24, 2.45) is 0 Å². The maximum atomic E-state index is 12.2. The fraction of sp³-hybridized carbons (Fsp3) is 0.533. The van der Waals surface area contributed by atoms with Crippen molar-refractivity contribution >= 4 is 15.7 Å². The standard InChI is InChI=1S/C15H23NO3S/c1-10-7-8-11(2)14(9-10)12(3)16(5)15(17)13(4)20(6,18)19/h7-9,12-13H,1-6H3/t12-,13-/m0/s1. The second-order valence-electron chi connectivity index (χ2n) is 5.46. The Morgan fingerprint density at radius 2 is 1.75 bits per heavy atom. The van der Waals surface area contributed by atoms with Gasteiger partial charge in [0, 0.05) is 13.3 Å². The van der Waals surface area contributed by atoms with E-state index in [-0.39, 0.29) is 11.9 Å². The molecule has 0 radical (unpaired) electrons. The van der Waals surface area contributed by atoms with Crippen molar-refractivity contribution in [1.82, 2.24) is 4.90 Å². The molecule has 1 rings (SSSR count). The van der Waals surface area contributed by atoms with Gasteiger partial charge in [-0.2, -0.15) is 0 Å². The summed E-state index contributed by atoms with van der Waals surface area (Å²) in [4.78, 5) is 13.8. The summed E-state index contributed by atoms with van der Waals surface area (Å²) in [6.45, 7) is 7.33. The maximum Gasteiger partial charge on any atom is 0.240 e. The fourth-order valence-electron chi connectivity index (χ4n) is 2.08. The first-order valence-electron chi connectivity index (χ1n) is 6.58. The van der Waals surface area contributed by atoms with Crippen molar-refractivity contribution in [3.8, 4) is 0 Å². The minimum atomic E-state index is -3.37. The van der Waals surface area contributed by atoms with Gasteiger partial charge in [-0.1, -0.05) is 23.8 Å². The molecule has 1 aromatic rings. The van der Waals surface area contributed by atoms with Gasteiger partial charge < -0.3 is 4.90 Å². The van der Waals surface area contributed by atoms with Crippen LogP contribution in [0.3, 0.4) is 0 Å². The first kappa shape index (κ1) is 16.7. The zero-order chi connectivity index (χ0) is 15.7. The zero-order valence-corrected chi connectivity index (χ0v) is 13.8. The third kappa shape index (κ3) is 3.60. The van der Waals surface area contributed by atoms with E-state index in [1.54, 1.807) is 7.05 Å². The summed E-state index contributed by atoms with van der Waals surface area (Å²) >= 11 is 0. The molecule has 0 saturated heterocycles. The van der Waals surface area contributed by atoms with Crippen LogP contribution < -0.4 is 0 Å². The molecular weight excluding hydrogens is 274 g/mol. The molecule has 0 aliphatic heterocycles. The topological polar surface area (TPSA) is 54.5 Å². The smallest absolute Gasteiger partial charge is 0.240 e. The Labute approximate surface area is 121 Å². The molecule has 0 bridgehead atoms. The minimum Gasteiger partial charge on any atom is -0.338 e. The number of nitrogens with zero attached hydrogens (tertiary/aromatic N) is 1. The molecule has 1 amide bonds. The van der Waals surface area contributed by atoms with E-state index in [2.05, 4.69) is 0 Å². The summed E-state index contributed by atoms with van der Waals surface area (Å²) < 4.78 is 23.0. The number of carbonyl (C=O) groups is 1. The van der Waals surface area contributed by atoms with E-state index in [1.807, 2.05) is 39.0 Å². The Kier molecular flexibility index (Phi) is 4.97. The normalized spacial score (nSPS) is 14.7. The molecule has 0 fully saturated rings. The van der Waals surface area contributed by atoms with Crippen molar-refractivity contribution in [2.45, 2.75) is 39.0 Å². The van der Waals surface area contributed by atoms with Crippen molar-refractivity contribution in [3.05, 3.63) is 34.9 Å². The number of hydrogen-bond acceptors (Lipinski definition) is 3. The second-order valence-corrected chi connectivity index (χ2v) is 7.82. The van der Waals surface area contributed by atoms with E-state index in [0.717, 1.165) is 22.9 Å². The summed E-state index contributed by atoms with van der Waals surface area (Å²) in [6, 6.07) is 5.91. The molecule has 0 aliphatic carbocycles. The van der Waals surface area contributed by atoms with Crippen LogP contribution in [0.15, 0.2) is 18.2 Å². The third-order valence-corrected chi connectivity index (χ3v) is 5.29. The number of sulfone groups is 1. The number of benzene rings is 1. The van der Waals surface area contributed by atoms with Crippen LogP contribution in [-0.2, 0) is 14.6 Å². The van der Waals surface area contributed by atoms with Crippen LogP contribution in [0.25, 0.3) is 0 Å². The fourth-order valence-corrected chi connectivity index (χ4v) is 2.61. The average molecular weight is 297 g/mol. The van der Waals surface area contributed by atoms with Crippen LogP contribution >= 0.6 is 0 Å². The highest BCUT2D eigenvalue weighted by molar-refractivity contribution is 7.92. The predicted molar refractivity (Wildman–Crippen MR) is 81.4 cm³/mol. The Hall–Kier alpha value is -1.36. The van der Waals surface area contributed by atoms with Crippen molar-refractivity contribution in [3.63, 3.8) is 0 Å². The van der Waals surface area contributed by atoms with Gasteiger partial charge >= 0.3 is 0 Å². The molecular formula is C15H23NO3S. The monoisotopic (exact) mass is 297 g/mol. The maximum absolute atomic E-state index is 12.2. The molecule has 0 aliphatic rings. The Balaban J connectivity index is 3.05. The molecule has 0 unspecified atom stereocenters. The lowest BCUT2D eigenvalue weighted by Crippen LogP contribution is -2.40. The van der Waals surface area contributed by atoms with E-state index in [1.165, 1.54) is 11.8 Å². The molecule has 1 aromatic carbocycles. The molecule has 0 heterocycles. The summed E-state index contributed by atoms with van der Waals surface area (Å²) in [7, 11) is -1.72. The van der Waals surface area contributed by atoms with E-state index >= 15 is 0 Å². The van der Waals surface area contributed by atoms with E-state index in [0.29, 0.717) is 0 Å². The van der Waals surface area contributed by atoms with Crippen LogP contribution in [0.4, 0.5) is 0 Å². The van der Waals surface area contributed by atoms with E-state index in [4.69, 9.17) is 0 Å². The van der Waals surface area contributed by atoms with Crippen molar-refractivity contribution in [2.75, 3.05) is 13.3 Å². The molecule has 0 saturated carbocycles. The lowest BCUT2D eigenvalue weighted by Gasteiger charge is -2.28. The Morgan fingerprint density at radius 3 is 2.25 bits per heavy atom. The van der Waals surface area contributed by atoms with Crippen LogP contribution in [0.1, 0.15) is 36.6 Å². The van der Waals surface area contributed by atoms with Crippen LogP contribution in [0.2, 0.25) is 0 Å². The lowest BCUT2D eigenvalue weighted by molar-refractivity contribution is -0.131. The molecule has 0 spiro atoms. The molecule has 4 nitrogen and oxygen atoms in total. The molecule has 0 N–H and O–H groups in total. The van der Waals surface area contributed by atoms with Gasteiger partial charge in [0.1, 0.15) is 5.25 Å². The average Bonchev–Trinajstić information content (AvgIpc) is 2.37. The largest absolute Gasteiger partial charge is 0.338 e. The van der Waals surface area contributed by atoms with Gasteiger partial charge in [-0.25, -0.2) is 8.42 Å². The van der Waals surface area contributed by atoms with Crippen molar-refractivity contribution in [1.29, 1.82) is 0 Å².